The molecule has 0 aliphatic carbocycles. The van der Waals surface area contributed by atoms with Gasteiger partial charge in [-0.3, -0.25) is 0 Å². The lowest BCUT2D eigenvalue weighted by atomic mass is 10.1. The predicted octanol–water partition coefficient (Wildman–Crippen LogP) is 2.24. The van der Waals surface area contributed by atoms with Crippen LogP contribution in [0.4, 0.5) is 0 Å². The highest BCUT2D eigenvalue weighted by atomic mass is 32.1. The Kier molecular flexibility index (Phi) is 2.76. The summed E-state index contributed by atoms with van der Waals surface area (Å²) in [7, 11) is 0. The van der Waals surface area contributed by atoms with Crippen LogP contribution in [-0.2, 0) is 6.42 Å². The number of rotatable bonds is 2. The van der Waals surface area contributed by atoms with Gasteiger partial charge in [-0.1, -0.05) is 13.0 Å². The number of benzene rings is 1. The second kappa shape index (κ2) is 3.63. The second-order valence-electron chi connectivity index (χ2n) is 2.51. The van der Waals surface area contributed by atoms with Crippen LogP contribution in [0.15, 0.2) is 23.1 Å². The lowest BCUT2D eigenvalue weighted by Crippen LogP contribution is -1.98. The molecule has 1 N–H and O–H groups in total. The maximum atomic E-state index is 10.6. The van der Waals surface area contributed by atoms with Crippen molar-refractivity contribution in [2.24, 2.45) is 0 Å². The van der Waals surface area contributed by atoms with Gasteiger partial charge < -0.3 is 5.11 Å². The molecule has 1 aromatic rings. The van der Waals surface area contributed by atoms with Crippen LogP contribution < -0.4 is 0 Å². The van der Waals surface area contributed by atoms with E-state index in [-0.39, 0.29) is 5.56 Å². The molecule has 12 heavy (non-hydrogen) atoms. The SMILES string of the molecule is CCc1ccc(S)c(C(=O)O)c1. The maximum absolute atomic E-state index is 10.6. The molecule has 0 radical (unpaired) electrons. The van der Waals surface area contributed by atoms with Gasteiger partial charge >= 0.3 is 5.97 Å². The number of carboxylic acid groups (broad SMARTS) is 1. The van der Waals surface area contributed by atoms with Crippen molar-refractivity contribution in [2.75, 3.05) is 0 Å². The quantitative estimate of drug-likeness (QED) is 0.688. The Balaban J connectivity index is 3.17. The van der Waals surface area contributed by atoms with Gasteiger partial charge in [-0.15, -0.1) is 12.6 Å². The molecule has 0 atom stereocenters. The van der Waals surface area contributed by atoms with E-state index in [1.807, 2.05) is 13.0 Å². The number of aromatic carboxylic acids is 1. The van der Waals surface area contributed by atoms with Crippen LogP contribution >= 0.6 is 12.6 Å². The number of hydrogen-bond donors (Lipinski definition) is 2. The van der Waals surface area contributed by atoms with E-state index >= 15 is 0 Å². The van der Waals surface area contributed by atoms with Crippen LogP contribution in [0.2, 0.25) is 0 Å². The zero-order valence-electron chi connectivity index (χ0n) is 6.74. The highest BCUT2D eigenvalue weighted by Gasteiger charge is 2.06. The Hall–Kier alpha value is -0.960. The van der Waals surface area contributed by atoms with Gasteiger partial charge in [0.2, 0.25) is 0 Å². The molecular formula is C9H10O2S. The van der Waals surface area contributed by atoms with Gasteiger partial charge in [-0.2, -0.15) is 0 Å². The van der Waals surface area contributed by atoms with Gasteiger partial charge in [0.1, 0.15) is 0 Å². The van der Waals surface area contributed by atoms with Crippen molar-refractivity contribution in [3.8, 4) is 0 Å². The lowest BCUT2D eigenvalue weighted by molar-refractivity contribution is 0.0693. The van der Waals surface area contributed by atoms with Gasteiger partial charge in [0.25, 0.3) is 0 Å². The molecule has 1 aromatic carbocycles. The Bertz CT molecular complexity index is 307. The molecule has 0 bridgehead atoms. The molecule has 0 aliphatic rings. The summed E-state index contributed by atoms with van der Waals surface area (Å²) in [6, 6.07) is 5.25. The van der Waals surface area contributed by atoms with E-state index in [2.05, 4.69) is 12.6 Å². The number of hydrogen-bond acceptors (Lipinski definition) is 2. The van der Waals surface area contributed by atoms with E-state index < -0.39 is 5.97 Å². The zero-order chi connectivity index (χ0) is 9.14. The minimum absolute atomic E-state index is 0.276. The minimum Gasteiger partial charge on any atom is -0.478 e. The van der Waals surface area contributed by atoms with Crippen LogP contribution in [0.25, 0.3) is 0 Å². The first-order chi connectivity index (χ1) is 5.65. The van der Waals surface area contributed by atoms with E-state index in [1.54, 1.807) is 12.1 Å². The van der Waals surface area contributed by atoms with E-state index in [0.29, 0.717) is 4.90 Å². The predicted molar refractivity (Wildman–Crippen MR) is 50.0 cm³/mol. The van der Waals surface area contributed by atoms with Gasteiger partial charge in [0.05, 0.1) is 5.56 Å². The fourth-order valence-corrected chi connectivity index (χ4v) is 1.21. The Labute approximate surface area is 76.6 Å². The molecule has 0 aromatic heterocycles. The van der Waals surface area contributed by atoms with Crippen molar-refractivity contribution in [3.63, 3.8) is 0 Å². The first-order valence-corrected chi connectivity index (χ1v) is 4.15. The molecule has 1 rings (SSSR count). The van der Waals surface area contributed by atoms with Crippen molar-refractivity contribution < 1.29 is 9.90 Å². The number of thiol groups is 1. The second-order valence-corrected chi connectivity index (χ2v) is 2.99. The molecule has 0 heterocycles. The van der Waals surface area contributed by atoms with Gasteiger partial charge in [-0.25, -0.2) is 4.79 Å². The van der Waals surface area contributed by atoms with Gasteiger partial charge in [0, 0.05) is 4.90 Å². The molecule has 0 spiro atoms. The summed E-state index contributed by atoms with van der Waals surface area (Å²) >= 11 is 4.04. The Morgan fingerprint density at radius 3 is 2.75 bits per heavy atom. The van der Waals surface area contributed by atoms with Crippen molar-refractivity contribution >= 4 is 18.6 Å². The van der Waals surface area contributed by atoms with Gasteiger partial charge in [-0.05, 0) is 24.1 Å². The molecule has 0 fully saturated rings. The van der Waals surface area contributed by atoms with E-state index in [9.17, 15) is 4.79 Å². The molecule has 0 aliphatic heterocycles. The van der Waals surface area contributed by atoms with E-state index in [0.717, 1.165) is 12.0 Å². The number of carbonyl (C=O) groups is 1. The molecule has 2 nitrogen and oxygen atoms in total. The van der Waals surface area contributed by atoms with Crippen molar-refractivity contribution in [2.45, 2.75) is 18.2 Å². The first-order valence-electron chi connectivity index (χ1n) is 3.70. The standard InChI is InChI=1S/C9H10O2S/c1-2-6-3-4-8(12)7(5-6)9(10)11/h3-5,12H,2H2,1H3,(H,10,11). The third-order valence-electron chi connectivity index (χ3n) is 1.70. The average molecular weight is 182 g/mol. The summed E-state index contributed by atoms with van der Waals surface area (Å²) in [5.41, 5.74) is 1.29. The molecule has 0 saturated carbocycles. The van der Waals surface area contributed by atoms with Crippen molar-refractivity contribution in [1.82, 2.24) is 0 Å². The largest absolute Gasteiger partial charge is 0.478 e. The number of aryl methyl sites for hydroxylation is 1. The van der Waals surface area contributed by atoms with E-state index in [4.69, 9.17) is 5.11 Å². The lowest BCUT2D eigenvalue weighted by Gasteiger charge is -2.01. The highest BCUT2D eigenvalue weighted by molar-refractivity contribution is 7.80. The van der Waals surface area contributed by atoms with Crippen molar-refractivity contribution in [3.05, 3.63) is 29.3 Å². The molecular weight excluding hydrogens is 172 g/mol. The molecule has 0 unspecified atom stereocenters. The summed E-state index contributed by atoms with van der Waals surface area (Å²) in [6.45, 7) is 1.99. The third kappa shape index (κ3) is 1.80. The van der Waals surface area contributed by atoms with Crippen LogP contribution in [0.1, 0.15) is 22.8 Å². The average Bonchev–Trinajstić information content (AvgIpc) is 2.05. The number of carboxylic acids is 1. The molecule has 3 heteroatoms. The summed E-state index contributed by atoms with van der Waals surface area (Å²) in [4.78, 5) is 11.2. The summed E-state index contributed by atoms with van der Waals surface area (Å²) in [5.74, 6) is -0.921. The monoisotopic (exact) mass is 182 g/mol. The first kappa shape index (κ1) is 9.13. The van der Waals surface area contributed by atoms with Crippen LogP contribution in [0.3, 0.4) is 0 Å². The Morgan fingerprint density at radius 2 is 2.25 bits per heavy atom. The smallest absolute Gasteiger partial charge is 0.336 e. The summed E-state index contributed by atoms with van der Waals surface area (Å²) in [5, 5.41) is 8.74. The molecule has 64 valence electrons. The van der Waals surface area contributed by atoms with Crippen LogP contribution in [-0.4, -0.2) is 11.1 Å². The van der Waals surface area contributed by atoms with Crippen LogP contribution in [0.5, 0.6) is 0 Å². The maximum Gasteiger partial charge on any atom is 0.336 e. The van der Waals surface area contributed by atoms with Crippen molar-refractivity contribution in [1.29, 1.82) is 0 Å². The minimum atomic E-state index is -0.921. The normalized spacial score (nSPS) is 9.83. The van der Waals surface area contributed by atoms with Gasteiger partial charge in [0.15, 0.2) is 0 Å². The fourth-order valence-electron chi connectivity index (χ4n) is 0.974. The fraction of sp³-hybridized carbons (Fsp3) is 0.222. The Morgan fingerprint density at radius 1 is 1.58 bits per heavy atom. The highest BCUT2D eigenvalue weighted by Crippen LogP contribution is 2.15. The zero-order valence-corrected chi connectivity index (χ0v) is 7.64. The summed E-state index contributed by atoms with van der Waals surface area (Å²) in [6.07, 6.45) is 0.842. The topological polar surface area (TPSA) is 37.3 Å². The third-order valence-corrected chi connectivity index (χ3v) is 2.09. The van der Waals surface area contributed by atoms with E-state index in [1.165, 1.54) is 0 Å². The van der Waals surface area contributed by atoms with Crippen LogP contribution in [0, 0.1) is 0 Å². The molecule has 0 saturated heterocycles. The molecule has 0 amide bonds. The summed E-state index contributed by atoms with van der Waals surface area (Å²) < 4.78 is 0.